The summed E-state index contributed by atoms with van der Waals surface area (Å²) in [5.41, 5.74) is 7.18. The molecule has 1 amide bonds. The molecule has 1 heterocycles. The van der Waals surface area contributed by atoms with E-state index in [9.17, 15) is 9.59 Å². The lowest BCUT2D eigenvalue weighted by molar-refractivity contribution is -0.127. The van der Waals surface area contributed by atoms with Crippen LogP contribution in [0.3, 0.4) is 0 Å². The number of hydrazine groups is 1. The lowest BCUT2D eigenvalue weighted by atomic mass is 10.1. The van der Waals surface area contributed by atoms with Crippen molar-refractivity contribution < 1.29 is 19.1 Å². The second-order valence-electron chi connectivity index (χ2n) is 6.29. The molecule has 7 nitrogen and oxygen atoms in total. The fourth-order valence-electron chi connectivity index (χ4n) is 2.45. The Morgan fingerprint density at radius 2 is 1.76 bits per heavy atom. The van der Waals surface area contributed by atoms with Crippen LogP contribution in [0, 0.1) is 20.8 Å². The molecule has 1 aromatic heterocycles. The SMILES string of the molecule is COC(=O)c1cc(C)sc1NC(=S)NNC(=O)[C@@H](C)Oc1cc(C)c(Cl)c(C)c1. The number of aryl methyl sites for hydroxylation is 3. The van der Waals surface area contributed by atoms with Crippen molar-refractivity contribution in [2.45, 2.75) is 33.8 Å². The number of nitrogens with one attached hydrogen (secondary N) is 3. The molecular formula is C19H22ClN3O4S2. The highest BCUT2D eigenvalue weighted by atomic mass is 35.5. The Morgan fingerprint density at radius 3 is 2.34 bits per heavy atom. The number of carbonyl (C=O) groups excluding carboxylic acids is 2. The van der Waals surface area contributed by atoms with Crippen LogP contribution in [0.1, 0.15) is 33.3 Å². The smallest absolute Gasteiger partial charge is 0.340 e. The van der Waals surface area contributed by atoms with Gasteiger partial charge in [0.25, 0.3) is 5.91 Å². The van der Waals surface area contributed by atoms with Gasteiger partial charge < -0.3 is 14.8 Å². The average molecular weight is 456 g/mol. The van der Waals surface area contributed by atoms with Gasteiger partial charge in [-0.3, -0.25) is 15.6 Å². The first-order chi connectivity index (χ1) is 13.6. The van der Waals surface area contributed by atoms with Crippen molar-refractivity contribution in [3.05, 3.63) is 44.8 Å². The maximum atomic E-state index is 12.3. The molecule has 0 aliphatic rings. The number of hydrogen-bond acceptors (Lipinski definition) is 6. The van der Waals surface area contributed by atoms with E-state index in [1.165, 1.54) is 18.4 Å². The van der Waals surface area contributed by atoms with Gasteiger partial charge in [-0.15, -0.1) is 11.3 Å². The molecule has 0 aliphatic carbocycles. The highest BCUT2D eigenvalue weighted by Gasteiger charge is 2.18. The van der Waals surface area contributed by atoms with Crippen molar-refractivity contribution in [2.24, 2.45) is 0 Å². The second kappa shape index (κ2) is 9.91. The molecule has 29 heavy (non-hydrogen) atoms. The van der Waals surface area contributed by atoms with Gasteiger partial charge in [0, 0.05) is 9.90 Å². The summed E-state index contributed by atoms with van der Waals surface area (Å²) in [6.45, 7) is 7.21. The number of halogens is 1. The van der Waals surface area contributed by atoms with E-state index in [0.29, 0.717) is 21.3 Å². The van der Waals surface area contributed by atoms with Crippen LogP contribution in [0.25, 0.3) is 0 Å². The molecule has 0 unspecified atom stereocenters. The predicted molar refractivity (Wildman–Crippen MR) is 119 cm³/mol. The van der Waals surface area contributed by atoms with E-state index in [2.05, 4.69) is 16.2 Å². The van der Waals surface area contributed by atoms with Crippen molar-refractivity contribution >= 4 is 57.1 Å². The molecular weight excluding hydrogens is 434 g/mol. The summed E-state index contributed by atoms with van der Waals surface area (Å²) < 4.78 is 10.4. The molecule has 0 radical (unpaired) electrons. The molecule has 0 aliphatic heterocycles. The lowest BCUT2D eigenvalue weighted by Gasteiger charge is -2.17. The fraction of sp³-hybridized carbons (Fsp3) is 0.316. The molecule has 0 saturated heterocycles. The summed E-state index contributed by atoms with van der Waals surface area (Å²) in [5.74, 6) is -0.348. The lowest BCUT2D eigenvalue weighted by Crippen LogP contribution is -2.48. The Kier molecular flexibility index (Phi) is 7.83. The van der Waals surface area contributed by atoms with E-state index < -0.39 is 18.0 Å². The van der Waals surface area contributed by atoms with Crippen LogP contribution < -0.4 is 20.9 Å². The number of hydrogen-bond donors (Lipinski definition) is 3. The third kappa shape index (κ3) is 6.06. The maximum absolute atomic E-state index is 12.3. The van der Waals surface area contributed by atoms with Crippen LogP contribution in [0.5, 0.6) is 5.75 Å². The number of esters is 1. The third-order valence-electron chi connectivity index (χ3n) is 3.88. The van der Waals surface area contributed by atoms with Gasteiger partial charge >= 0.3 is 5.97 Å². The van der Waals surface area contributed by atoms with Gasteiger partial charge in [0.1, 0.15) is 10.8 Å². The molecule has 2 aromatic rings. The summed E-state index contributed by atoms with van der Waals surface area (Å²) in [7, 11) is 1.31. The van der Waals surface area contributed by atoms with Crippen molar-refractivity contribution in [3.63, 3.8) is 0 Å². The van der Waals surface area contributed by atoms with E-state index in [0.717, 1.165) is 16.0 Å². The third-order valence-corrected chi connectivity index (χ3v) is 5.65. The number of thiocarbonyl (C=S) groups is 1. The van der Waals surface area contributed by atoms with E-state index in [1.54, 1.807) is 25.1 Å². The number of methoxy groups -OCH3 is 1. The monoisotopic (exact) mass is 455 g/mol. The second-order valence-corrected chi connectivity index (χ2v) is 8.33. The van der Waals surface area contributed by atoms with Gasteiger partial charge in [-0.05, 0) is 69.2 Å². The zero-order valence-electron chi connectivity index (χ0n) is 16.6. The molecule has 156 valence electrons. The molecule has 2 rings (SSSR count). The van der Waals surface area contributed by atoms with Gasteiger partial charge in [0.15, 0.2) is 11.2 Å². The fourth-order valence-corrected chi connectivity index (χ4v) is 3.69. The topological polar surface area (TPSA) is 88.7 Å². The van der Waals surface area contributed by atoms with E-state index in [-0.39, 0.29) is 5.11 Å². The van der Waals surface area contributed by atoms with Crippen molar-refractivity contribution in [1.29, 1.82) is 0 Å². The standard InChI is InChI=1S/C19H22ClN3O4S2/c1-9-6-13(7-10(2)15(9)20)27-12(4)16(24)22-23-19(28)21-17-14(18(25)26-5)8-11(3)29-17/h6-8,12H,1-5H3,(H,22,24)(H2,21,23,28)/t12-/m1/s1. The summed E-state index contributed by atoms with van der Waals surface area (Å²) in [6.07, 6.45) is -0.778. The van der Waals surface area contributed by atoms with Crippen LogP contribution in [-0.2, 0) is 9.53 Å². The number of anilines is 1. The van der Waals surface area contributed by atoms with Crippen molar-refractivity contribution in [2.75, 3.05) is 12.4 Å². The van der Waals surface area contributed by atoms with Gasteiger partial charge in [-0.25, -0.2) is 4.79 Å². The van der Waals surface area contributed by atoms with Gasteiger partial charge in [0.05, 0.1) is 12.7 Å². The van der Waals surface area contributed by atoms with Crippen LogP contribution in [0.15, 0.2) is 18.2 Å². The number of carbonyl (C=O) groups is 2. The molecule has 1 aromatic carbocycles. The number of amides is 1. The normalized spacial score (nSPS) is 11.4. The summed E-state index contributed by atoms with van der Waals surface area (Å²) in [5, 5.41) is 4.20. The van der Waals surface area contributed by atoms with Crippen molar-refractivity contribution in [1.82, 2.24) is 10.9 Å². The van der Waals surface area contributed by atoms with Gasteiger partial charge in [0.2, 0.25) is 0 Å². The Morgan fingerprint density at radius 1 is 1.14 bits per heavy atom. The predicted octanol–water partition coefficient (Wildman–Crippen LogP) is 3.90. The highest BCUT2D eigenvalue weighted by molar-refractivity contribution is 7.80. The summed E-state index contributed by atoms with van der Waals surface area (Å²) in [4.78, 5) is 25.0. The average Bonchev–Trinajstić information content (AvgIpc) is 3.03. The van der Waals surface area contributed by atoms with Crippen molar-refractivity contribution in [3.8, 4) is 5.75 Å². The minimum atomic E-state index is -0.778. The molecule has 0 spiro atoms. The Bertz CT molecular complexity index is 923. The van der Waals surface area contributed by atoms with Crippen LogP contribution in [-0.4, -0.2) is 30.2 Å². The minimum absolute atomic E-state index is 0.121. The number of rotatable bonds is 5. The number of thiophene rings is 1. The van der Waals surface area contributed by atoms with Gasteiger partial charge in [-0.1, -0.05) is 11.6 Å². The maximum Gasteiger partial charge on any atom is 0.340 e. The Labute approximate surface area is 183 Å². The Balaban J connectivity index is 1.92. The largest absolute Gasteiger partial charge is 0.481 e. The minimum Gasteiger partial charge on any atom is -0.481 e. The molecule has 1 atom stereocenters. The molecule has 0 bridgehead atoms. The van der Waals surface area contributed by atoms with E-state index in [4.69, 9.17) is 33.3 Å². The highest BCUT2D eigenvalue weighted by Crippen LogP contribution is 2.28. The van der Waals surface area contributed by atoms with E-state index in [1.807, 2.05) is 20.8 Å². The molecule has 0 saturated carbocycles. The van der Waals surface area contributed by atoms with Crippen LogP contribution in [0.2, 0.25) is 5.02 Å². The van der Waals surface area contributed by atoms with Crippen LogP contribution >= 0.6 is 35.2 Å². The summed E-state index contributed by atoms with van der Waals surface area (Å²) >= 11 is 12.7. The van der Waals surface area contributed by atoms with Gasteiger partial charge in [-0.2, -0.15) is 0 Å². The first kappa shape index (κ1) is 22.9. The summed E-state index contributed by atoms with van der Waals surface area (Å²) in [6, 6.07) is 5.24. The zero-order valence-corrected chi connectivity index (χ0v) is 19.0. The Hall–Kier alpha value is -2.36. The van der Waals surface area contributed by atoms with E-state index >= 15 is 0 Å². The van der Waals surface area contributed by atoms with Crippen LogP contribution in [0.4, 0.5) is 5.00 Å². The quantitative estimate of drug-likeness (QED) is 0.358. The number of benzene rings is 1. The zero-order chi connectivity index (χ0) is 21.7. The first-order valence-electron chi connectivity index (χ1n) is 8.61. The molecule has 3 N–H and O–H groups in total. The molecule has 0 fully saturated rings. The first-order valence-corrected chi connectivity index (χ1v) is 10.2. The number of ether oxygens (including phenoxy) is 2. The molecule has 10 heteroatoms.